The van der Waals surface area contributed by atoms with E-state index in [2.05, 4.69) is 0 Å². The minimum Gasteiger partial charge on any atom is -0.380 e. The number of ether oxygens (including phenoxy) is 1. The quantitative estimate of drug-likeness (QED) is 0.744. The molecule has 120 valence electrons. The summed E-state index contributed by atoms with van der Waals surface area (Å²) in [4.78, 5) is 12.1. The van der Waals surface area contributed by atoms with E-state index in [9.17, 15) is 9.90 Å². The van der Waals surface area contributed by atoms with E-state index in [4.69, 9.17) is 4.74 Å². The molecule has 3 aromatic carbocycles. The molecule has 0 aliphatic carbocycles. The molecule has 3 nitrogen and oxygen atoms in total. The molecule has 0 bridgehead atoms. The zero-order valence-electron chi connectivity index (χ0n) is 13.5. The maximum absolute atomic E-state index is 12.1. The van der Waals surface area contributed by atoms with Crippen LogP contribution < -0.4 is 0 Å². The zero-order valence-corrected chi connectivity index (χ0v) is 13.5. The molecule has 1 N–H and O–H groups in total. The van der Waals surface area contributed by atoms with Crippen molar-refractivity contribution in [3.63, 3.8) is 0 Å². The lowest BCUT2D eigenvalue weighted by Crippen LogP contribution is -2.46. The summed E-state index contributed by atoms with van der Waals surface area (Å²) >= 11 is 0. The molecule has 0 spiro atoms. The Morgan fingerprint density at radius 1 is 1.00 bits per heavy atom. The molecule has 1 saturated heterocycles. The number of carbonyl (C=O) groups excluding carboxylic acids is 1. The van der Waals surface area contributed by atoms with Gasteiger partial charge in [0.25, 0.3) is 0 Å². The molecular formula is C21H18O3. The predicted octanol–water partition coefficient (Wildman–Crippen LogP) is 3.93. The molecule has 0 radical (unpaired) electrons. The first kappa shape index (κ1) is 15.1. The minimum absolute atomic E-state index is 0.0471. The van der Waals surface area contributed by atoms with E-state index in [1.54, 1.807) is 6.92 Å². The van der Waals surface area contributed by atoms with E-state index in [-0.39, 0.29) is 5.78 Å². The van der Waals surface area contributed by atoms with Gasteiger partial charge in [0.15, 0.2) is 5.78 Å². The van der Waals surface area contributed by atoms with Crippen LogP contribution in [0.25, 0.3) is 21.9 Å². The Kier molecular flexibility index (Phi) is 3.48. The van der Waals surface area contributed by atoms with Crippen molar-refractivity contribution in [2.24, 2.45) is 0 Å². The molecule has 1 aliphatic heterocycles. The van der Waals surface area contributed by atoms with Crippen molar-refractivity contribution in [2.75, 3.05) is 13.2 Å². The molecule has 0 atom stereocenters. The zero-order chi connectivity index (χ0) is 16.7. The van der Waals surface area contributed by atoms with Crippen molar-refractivity contribution in [2.45, 2.75) is 12.5 Å². The van der Waals surface area contributed by atoms with Gasteiger partial charge in [-0.05, 0) is 28.8 Å². The second-order valence-corrected chi connectivity index (χ2v) is 6.37. The minimum atomic E-state index is -0.874. The number of rotatable bonds is 3. The number of hydrogen-bond acceptors (Lipinski definition) is 3. The predicted molar refractivity (Wildman–Crippen MR) is 94.1 cm³/mol. The SMILES string of the molecule is CC(=O)c1ccc2ccccc2c1-c1ccc(C2(O)COC2)cc1. The van der Waals surface area contributed by atoms with E-state index in [1.807, 2.05) is 60.7 Å². The van der Waals surface area contributed by atoms with Crippen LogP contribution in [0.5, 0.6) is 0 Å². The van der Waals surface area contributed by atoms with Crippen LogP contribution in [-0.2, 0) is 10.3 Å². The van der Waals surface area contributed by atoms with Crippen molar-refractivity contribution < 1.29 is 14.6 Å². The fourth-order valence-corrected chi connectivity index (χ4v) is 3.29. The normalized spacial score (nSPS) is 15.9. The number of benzene rings is 3. The second-order valence-electron chi connectivity index (χ2n) is 6.37. The Labute approximate surface area is 140 Å². The molecule has 3 heteroatoms. The van der Waals surface area contributed by atoms with Crippen molar-refractivity contribution >= 4 is 16.6 Å². The summed E-state index contributed by atoms with van der Waals surface area (Å²) < 4.78 is 5.12. The second kappa shape index (κ2) is 5.55. The molecule has 0 saturated carbocycles. The number of fused-ring (bicyclic) bond motifs is 1. The molecule has 0 amide bonds. The van der Waals surface area contributed by atoms with E-state index >= 15 is 0 Å². The van der Waals surface area contributed by atoms with E-state index in [0.717, 1.165) is 27.5 Å². The van der Waals surface area contributed by atoms with Gasteiger partial charge in [-0.15, -0.1) is 0 Å². The van der Waals surface area contributed by atoms with Gasteiger partial charge in [0.05, 0.1) is 13.2 Å². The monoisotopic (exact) mass is 318 g/mol. The molecule has 3 aromatic rings. The van der Waals surface area contributed by atoms with Gasteiger partial charge in [0.2, 0.25) is 0 Å². The Morgan fingerprint density at radius 3 is 2.33 bits per heavy atom. The van der Waals surface area contributed by atoms with E-state index in [1.165, 1.54) is 0 Å². The summed E-state index contributed by atoms with van der Waals surface area (Å²) in [5.74, 6) is 0.0471. The summed E-state index contributed by atoms with van der Waals surface area (Å²) in [6.45, 7) is 2.26. The number of aliphatic hydroxyl groups is 1. The van der Waals surface area contributed by atoms with Crippen LogP contribution in [-0.4, -0.2) is 24.1 Å². The molecule has 0 aromatic heterocycles. The van der Waals surface area contributed by atoms with Crippen LogP contribution in [0, 0.1) is 0 Å². The highest BCUT2D eigenvalue weighted by Gasteiger charge is 2.37. The van der Waals surface area contributed by atoms with Crippen molar-refractivity contribution in [1.82, 2.24) is 0 Å². The molecular weight excluding hydrogens is 300 g/mol. The van der Waals surface area contributed by atoms with Crippen LogP contribution in [0.2, 0.25) is 0 Å². The van der Waals surface area contributed by atoms with Gasteiger partial charge in [-0.2, -0.15) is 0 Å². The highest BCUT2D eigenvalue weighted by Crippen LogP contribution is 2.35. The van der Waals surface area contributed by atoms with Crippen LogP contribution in [0.15, 0.2) is 60.7 Å². The van der Waals surface area contributed by atoms with Gasteiger partial charge >= 0.3 is 0 Å². The topological polar surface area (TPSA) is 46.5 Å². The fourth-order valence-electron chi connectivity index (χ4n) is 3.29. The number of carbonyl (C=O) groups is 1. The molecule has 0 unspecified atom stereocenters. The summed E-state index contributed by atoms with van der Waals surface area (Å²) in [5.41, 5.74) is 2.61. The third-order valence-electron chi connectivity index (χ3n) is 4.70. The van der Waals surface area contributed by atoms with Crippen LogP contribution >= 0.6 is 0 Å². The van der Waals surface area contributed by atoms with Crippen LogP contribution in [0.1, 0.15) is 22.8 Å². The Balaban J connectivity index is 1.89. The number of Topliss-reactive ketones (excluding diaryl/α,β-unsaturated/α-hetero) is 1. The maximum Gasteiger partial charge on any atom is 0.160 e. The van der Waals surface area contributed by atoms with Crippen molar-refractivity contribution in [3.05, 3.63) is 71.8 Å². The summed E-state index contributed by atoms with van der Waals surface area (Å²) in [6.07, 6.45) is 0. The van der Waals surface area contributed by atoms with Gasteiger partial charge in [0, 0.05) is 11.1 Å². The van der Waals surface area contributed by atoms with E-state index in [0.29, 0.717) is 18.8 Å². The van der Waals surface area contributed by atoms with Gasteiger partial charge in [-0.1, -0.05) is 60.7 Å². The molecule has 4 rings (SSSR count). The maximum atomic E-state index is 12.1. The molecule has 1 aliphatic rings. The summed E-state index contributed by atoms with van der Waals surface area (Å²) in [7, 11) is 0. The summed E-state index contributed by atoms with van der Waals surface area (Å²) in [5, 5.41) is 12.5. The largest absolute Gasteiger partial charge is 0.380 e. The van der Waals surface area contributed by atoms with Gasteiger partial charge < -0.3 is 9.84 Å². The third kappa shape index (κ3) is 2.33. The highest BCUT2D eigenvalue weighted by atomic mass is 16.5. The Hall–Kier alpha value is -2.49. The Bertz CT molecular complexity index is 921. The summed E-state index contributed by atoms with van der Waals surface area (Å²) in [6, 6.07) is 19.7. The van der Waals surface area contributed by atoms with E-state index < -0.39 is 5.60 Å². The smallest absolute Gasteiger partial charge is 0.160 e. The first-order valence-electron chi connectivity index (χ1n) is 8.02. The first-order valence-corrected chi connectivity index (χ1v) is 8.02. The van der Waals surface area contributed by atoms with Crippen LogP contribution in [0.4, 0.5) is 0 Å². The first-order chi connectivity index (χ1) is 11.6. The number of hydrogen-bond donors (Lipinski definition) is 1. The third-order valence-corrected chi connectivity index (χ3v) is 4.70. The van der Waals surface area contributed by atoms with Crippen molar-refractivity contribution in [1.29, 1.82) is 0 Å². The van der Waals surface area contributed by atoms with Gasteiger partial charge in [-0.3, -0.25) is 4.79 Å². The lowest BCUT2D eigenvalue weighted by molar-refractivity contribution is -0.184. The highest BCUT2D eigenvalue weighted by molar-refractivity contribution is 6.09. The average molecular weight is 318 g/mol. The number of ketones is 1. The lowest BCUT2D eigenvalue weighted by atomic mass is 9.88. The average Bonchev–Trinajstić information content (AvgIpc) is 2.58. The molecule has 24 heavy (non-hydrogen) atoms. The standard InChI is InChI=1S/C21H18O3/c1-14(22)18-11-8-15-4-2-3-5-19(15)20(18)16-6-9-17(10-7-16)21(23)12-24-13-21/h2-11,23H,12-13H2,1H3. The molecule has 1 fully saturated rings. The Morgan fingerprint density at radius 2 is 1.71 bits per heavy atom. The lowest BCUT2D eigenvalue weighted by Gasteiger charge is -2.36. The van der Waals surface area contributed by atoms with Gasteiger partial charge in [-0.25, -0.2) is 0 Å². The molecule has 1 heterocycles. The fraction of sp³-hybridized carbons (Fsp3) is 0.190. The van der Waals surface area contributed by atoms with Gasteiger partial charge in [0.1, 0.15) is 5.60 Å². The van der Waals surface area contributed by atoms with Crippen molar-refractivity contribution in [3.8, 4) is 11.1 Å². The van der Waals surface area contributed by atoms with Crippen LogP contribution in [0.3, 0.4) is 0 Å².